The maximum absolute atomic E-state index is 12.8. The lowest BCUT2D eigenvalue weighted by Gasteiger charge is -2.16. The van der Waals surface area contributed by atoms with E-state index in [9.17, 15) is 4.39 Å². The second-order valence-electron chi connectivity index (χ2n) is 3.68. The molecule has 1 atom stereocenters. The Kier molecular flexibility index (Phi) is 3.32. The average Bonchev–Trinajstić information content (AvgIpc) is 2.34. The minimum atomic E-state index is -0.202. The summed E-state index contributed by atoms with van der Waals surface area (Å²) in [6, 6.07) is 16.8. The van der Waals surface area contributed by atoms with Gasteiger partial charge in [-0.25, -0.2) is 4.39 Å². The van der Waals surface area contributed by atoms with E-state index in [0.717, 1.165) is 5.56 Å². The summed E-state index contributed by atoms with van der Waals surface area (Å²) in [5.74, 6) is -0.202. The van der Waals surface area contributed by atoms with Crippen LogP contribution in [-0.4, -0.2) is 7.05 Å². The molecule has 0 aliphatic rings. The molecule has 0 bridgehead atoms. The minimum Gasteiger partial charge on any atom is -0.309 e. The smallest absolute Gasteiger partial charge is 0.123 e. The molecule has 0 aromatic heterocycles. The molecule has 2 aromatic rings. The monoisotopic (exact) mass is 215 g/mol. The van der Waals surface area contributed by atoms with Crippen LogP contribution in [0, 0.1) is 5.82 Å². The number of nitrogens with one attached hydrogen (secondary N) is 1. The molecule has 0 unspecified atom stereocenters. The Labute approximate surface area is 94.9 Å². The highest BCUT2D eigenvalue weighted by Crippen LogP contribution is 2.21. The lowest BCUT2D eigenvalue weighted by molar-refractivity contribution is 0.623. The minimum absolute atomic E-state index is 0.113. The Morgan fingerprint density at radius 2 is 1.44 bits per heavy atom. The first-order valence-electron chi connectivity index (χ1n) is 5.29. The summed E-state index contributed by atoms with van der Waals surface area (Å²) < 4.78 is 12.8. The van der Waals surface area contributed by atoms with Crippen LogP contribution >= 0.6 is 0 Å². The highest BCUT2D eigenvalue weighted by molar-refractivity contribution is 5.31. The van der Waals surface area contributed by atoms with Crippen LogP contribution in [0.1, 0.15) is 17.2 Å². The highest BCUT2D eigenvalue weighted by atomic mass is 19.1. The Bertz CT molecular complexity index is 436. The SMILES string of the molecule is CN[C@@H](c1ccccc1)c1ccc(F)cc1. The zero-order valence-electron chi connectivity index (χ0n) is 9.15. The summed E-state index contributed by atoms with van der Waals surface area (Å²) in [6.45, 7) is 0. The largest absolute Gasteiger partial charge is 0.309 e. The maximum atomic E-state index is 12.8. The fraction of sp³-hybridized carbons (Fsp3) is 0.143. The van der Waals surface area contributed by atoms with Gasteiger partial charge in [0.2, 0.25) is 0 Å². The molecule has 2 rings (SSSR count). The molecule has 0 saturated heterocycles. The summed E-state index contributed by atoms with van der Waals surface area (Å²) in [5, 5.41) is 3.23. The molecule has 2 aromatic carbocycles. The molecule has 0 radical (unpaired) electrons. The number of rotatable bonds is 3. The van der Waals surface area contributed by atoms with Crippen LogP contribution < -0.4 is 5.32 Å². The first-order chi connectivity index (χ1) is 7.81. The Hall–Kier alpha value is -1.67. The van der Waals surface area contributed by atoms with Gasteiger partial charge in [-0.15, -0.1) is 0 Å². The highest BCUT2D eigenvalue weighted by Gasteiger charge is 2.10. The fourth-order valence-corrected chi connectivity index (χ4v) is 1.83. The molecule has 0 saturated carbocycles. The van der Waals surface area contributed by atoms with E-state index in [-0.39, 0.29) is 11.9 Å². The van der Waals surface area contributed by atoms with Crippen molar-refractivity contribution in [3.05, 3.63) is 71.5 Å². The molecule has 0 fully saturated rings. The quantitative estimate of drug-likeness (QED) is 0.829. The van der Waals surface area contributed by atoms with E-state index in [0.29, 0.717) is 0 Å². The van der Waals surface area contributed by atoms with Gasteiger partial charge in [-0.1, -0.05) is 42.5 Å². The predicted octanol–water partition coefficient (Wildman–Crippen LogP) is 3.13. The van der Waals surface area contributed by atoms with Crippen molar-refractivity contribution >= 4 is 0 Å². The van der Waals surface area contributed by atoms with Crippen molar-refractivity contribution < 1.29 is 4.39 Å². The second kappa shape index (κ2) is 4.90. The molecule has 1 nitrogen and oxygen atoms in total. The topological polar surface area (TPSA) is 12.0 Å². The first-order valence-corrected chi connectivity index (χ1v) is 5.29. The number of hydrogen-bond acceptors (Lipinski definition) is 1. The van der Waals surface area contributed by atoms with Gasteiger partial charge in [-0.05, 0) is 30.3 Å². The third-order valence-corrected chi connectivity index (χ3v) is 2.62. The van der Waals surface area contributed by atoms with Gasteiger partial charge in [-0.3, -0.25) is 0 Å². The van der Waals surface area contributed by atoms with E-state index in [1.54, 1.807) is 0 Å². The van der Waals surface area contributed by atoms with Gasteiger partial charge in [0.25, 0.3) is 0 Å². The van der Waals surface area contributed by atoms with Crippen LogP contribution in [0.4, 0.5) is 4.39 Å². The van der Waals surface area contributed by atoms with E-state index in [4.69, 9.17) is 0 Å². The van der Waals surface area contributed by atoms with Crippen LogP contribution in [0.15, 0.2) is 54.6 Å². The van der Waals surface area contributed by atoms with Gasteiger partial charge in [0.15, 0.2) is 0 Å². The Balaban J connectivity index is 2.33. The molecule has 0 aliphatic carbocycles. The average molecular weight is 215 g/mol. The molecule has 0 heterocycles. The molecule has 0 aliphatic heterocycles. The van der Waals surface area contributed by atoms with Crippen LogP contribution in [-0.2, 0) is 0 Å². The zero-order chi connectivity index (χ0) is 11.4. The van der Waals surface area contributed by atoms with Gasteiger partial charge in [-0.2, -0.15) is 0 Å². The van der Waals surface area contributed by atoms with Gasteiger partial charge >= 0.3 is 0 Å². The van der Waals surface area contributed by atoms with Crippen LogP contribution in [0.3, 0.4) is 0 Å². The summed E-state index contributed by atoms with van der Waals surface area (Å²) >= 11 is 0. The van der Waals surface area contributed by atoms with E-state index in [2.05, 4.69) is 17.4 Å². The summed E-state index contributed by atoms with van der Waals surface area (Å²) in [4.78, 5) is 0. The van der Waals surface area contributed by atoms with Gasteiger partial charge < -0.3 is 5.32 Å². The predicted molar refractivity (Wildman–Crippen MR) is 63.7 cm³/mol. The summed E-state index contributed by atoms with van der Waals surface area (Å²) in [5.41, 5.74) is 2.24. The third kappa shape index (κ3) is 2.28. The van der Waals surface area contributed by atoms with Gasteiger partial charge in [0.1, 0.15) is 5.82 Å². The standard InChI is InChI=1S/C14H14FN/c1-16-14(11-5-3-2-4-6-11)12-7-9-13(15)10-8-12/h2-10,14,16H,1H3/t14-/m0/s1. The maximum Gasteiger partial charge on any atom is 0.123 e. The number of benzene rings is 2. The molecule has 0 amide bonds. The zero-order valence-corrected chi connectivity index (χ0v) is 9.15. The molecule has 1 N–H and O–H groups in total. The third-order valence-electron chi connectivity index (χ3n) is 2.62. The van der Waals surface area contributed by atoms with Crippen molar-refractivity contribution in [1.82, 2.24) is 5.32 Å². The molecule has 16 heavy (non-hydrogen) atoms. The van der Waals surface area contributed by atoms with Gasteiger partial charge in [0.05, 0.1) is 6.04 Å². The van der Waals surface area contributed by atoms with Crippen molar-refractivity contribution in [2.24, 2.45) is 0 Å². The molecule has 82 valence electrons. The van der Waals surface area contributed by atoms with E-state index >= 15 is 0 Å². The van der Waals surface area contributed by atoms with Crippen molar-refractivity contribution in [3.63, 3.8) is 0 Å². The lowest BCUT2D eigenvalue weighted by Crippen LogP contribution is -2.17. The lowest BCUT2D eigenvalue weighted by atomic mass is 9.99. The van der Waals surface area contributed by atoms with Crippen molar-refractivity contribution in [2.45, 2.75) is 6.04 Å². The van der Waals surface area contributed by atoms with Crippen LogP contribution in [0.25, 0.3) is 0 Å². The summed E-state index contributed by atoms with van der Waals surface area (Å²) in [7, 11) is 1.90. The van der Waals surface area contributed by atoms with Crippen LogP contribution in [0.2, 0.25) is 0 Å². The molecular formula is C14H14FN. The fourth-order valence-electron chi connectivity index (χ4n) is 1.83. The van der Waals surface area contributed by atoms with E-state index < -0.39 is 0 Å². The second-order valence-corrected chi connectivity index (χ2v) is 3.68. The normalized spacial score (nSPS) is 12.4. The van der Waals surface area contributed by atoms with Gasteiger partial charge in [0, 0.05) is 0 Å². The molecular weight excluding hydrogens is 201 g/mol. The van der Waals surface area contributed by atoms with E-state index in [1.807, 2.05) is 37.4 Å². The number of hydrogen-bond donors (Lipinski definition) is 1. The Morgan fingerprint density at radius 1 is 0.875 bits per heavy atom. The van der Waals surface area contributed by atoms with Crippen molar-refractivity contribution in [1.29, 1.82) is 0 Å². The Morgan fingerprint density at radius 3 is 2.00 bits per heavy atom. The van der Waals surface area contributed by atoms with Crippen molar-refractivity contribution in [2.75, 3.05) is 7.05 Å². The van der Waals surface area contributed by atoms with Crippen LogP contribution in [0.5, 0.6) is 0 Å². The first kappa shape index (κ1) is 10.8. The van der Waals surface area contributed by atoms with Crippen molar-refractivity contribution in [3.8, 4) is 0 Å². The molecule has 2 heteroatoms. The van der Waals surface area contributed by atoms with E-state index in [1.165, 1.54) is 17.7 Å². The molecule has 0 spiro atoms. The number of halogens is 1. The summed E-state index contributed by atoms with van der Waals surface area (Å²) in [6.07, 6.45) is 0.